The average Bonchev–Trinajstić information content (AvgIpc) is 3.05. The average molecular weight is 450 g/mol. The molecule has 0 aliphatic carbocycles. The van der Waals surface area contributed by atoms with Gasteiger partial charge in [-0.2, -0.15) is 0 Å². The highest BCUT2D eigenvalue weighted by Gasteiger charge is 2.22. The molecule has 0 unspecified atom stereocenters. The number of nitrogens with zero attached hydrogens (tertiary/aromatic N) is 5. The number of aryl methyl sites for hydroxylation is 1. The molecule has 10 nitrogen and oxygen atoms in total. The molecular formula is C22H39N7O3. The third kappa shape index (κ3) is 8.86. The van der Waals surface area contributed by atoms with E-state index in [9.17, 15) is 4.79 Å². The van der Waals surface area contributed by atoms with Crippen LogP contribution in [0, 0.1) is 6.92 Å². The maximum Gasteiger partial charge on any atom is 0.407 e. The molecule has 1 aromatic rings. The summed E-state index contributed by atoms with van der Waals surface area (Å²) < 4.78 is 13.2. The van der Waals surface area contributed by atoms with E-state index in [1.807, 2.05) is 45.4 Å². The lowest BCUT2D eigenvalue weighted by Gasteiger charge is -2.34. The Morgan fingerprint density at radius 1 is 1.28 bits per heavy atom. The van der Waals surface area contributed by atoms with Gasteiger partial charge >= 0.3 is 6.09 Å². The number of piperidine rings is 1. The minimum absolute atomic E-state index is 0.217. The quantitative estimate of drug-likeness (QED) is 0.257. The zero-order chi connectivity index (χ0) is 23.6. The Morgan fingerprint density at radius 3 is 2.59 bits per heavy atom. The van der Waals surface area contributed by atoms with E-state index >= 15 is 0 Å². The third-order valence-corrected chi connectivity index (χ3v) is 5.04. The smallest absolute Gasteiger partial charge is 0.407 e. The van der Waals surface area contributed by atoms with E-state index in [0.717, 1.165) is 50.0 Å². The summed E-state index contributed by atoms with van der Waals surface area (Å²) in [5.41, 5.74) is -0.482. The Balaban J connectivity index is 1.72. The van der Waals surface area contributed by atoms with Crippen molar-refractivity contribution in [3.63, 3.8) is 0 Å². The van der Waals surface area contributed by atoms with E-state index < -0.39 is 5.60 Å². The Morgan fingerprint density at radius 2 is 2.00 bits per heavy atom. The number of carbonyl (C=O) groups is 1. The number of ether oxygens (including phenoxy) is 2. The summed E-state index contributed by atoms with van der Waals surface area (Å²) >= 11 is 0. The van der Waals surface area contributed by atoms with Crippen LogP contribution in [0.3, 0.4) is 0 Å². The number of likely N-dealkylation sites (tertiary alicyclic amines) is 1. The number of guanidine groups is 1. The normalized spacial score (nSPS) is 15.5. The fraction of sp³-hybridized carbons (Fsp3) is 0.727. The second-order valence-electron chi connectivity index (χ2n) is 8.87. The third-order valence-electron chi connectivity index (χ3n) is 5.04. The number of hydrogen-bond donors (Lipinski definition) is 2. The first-order valence-corrected chi connectivity index (χ1v) is 11.3. The first-order chi connectivity index (χ1) is 15.2. The highest BCUT2D eigenvalue weighted by Crippen LogP contribution is 2.14. The number of carbonyl (C=O) groups excluding carboxylic acids is 1. The molecule has 10 heteroatoms. The van der Waals surface area contributed by atoms with Gasteiger partial charge in [-0.05, 0) is 47.0 Å². The van der Waals surface area contributed by atoms with Crippen LogP contribution in [0.2, 0.25) is 0 Å². The highest BCUT2D eigenvalue weighted by atomic mass is 16.6. The van der Waals surface area contributed by atoms with Crippen LogP contribution in [0.4, 0.5) is 4.79 Å². The van der Waals surface area contributed by atoms with Gasteiger partial charge in [0.2, 0.25) is 0 Å². The molecule has 0 spiro atoms. The molecular weight excluding hydrogens is 410 g/mol. The number of amides is 1. The molecule has 0 atom stereocenters. The van der Waals surface area contributed by atoms with Gasteiger partial charge in [0, 0.05) is 39.8 Å². The number of rotatable bonds is 9. The molecule has 1 saturated heterocycles. The van der Waals surface area contributed by atoms with Crippen molar-refractivity contribution in [1.82, 2.24) is 30.3 Å². The lowest BCUT2D eigenvalue weighted by atomic mass is 10.1. The standard InChI is InChI=1S/C22H39N7O3/c1-7-11-23-20(25-16-19-27-26-17(2)28(19)6)29-13-9-18(10-14-29)31-15-8-12-24-21(30)32-22(3,4)5/h7,18H,1,8-16H2,2-6H3,(H,23,25)(H,24,30). The molecule has 0 radical (unpaired) electrons. The van der Waals surface area contributed by atoms with Crippen LogP contribution < -0.4 is 10.6 Å². The molecule has 1 aliphatic rings. The van der Waals surface area contributed by atoms with Crippen molar-refractivity contribution in [1.29, 1.82) is 0 Å². The van der Waals surface area contributed by atoms with Crippen molar-refractivity contribution >= 4 is 12.1 Å². The molecule has 2 rings (SSSR count). The van der Waals surface area contributed by atoms with Crippen molar-refractivity contribution in [2.24, 2.45) is 12.0 Å². The van der Waals surface area contributed by atoms with Gasteiger partial charge in [-0.3, -0.25) is 0 Å². The second-order valence-corrected chi connectivity index (χ2v) is 8.87. The Hall–Kier alpha value is -2.62. The van der Waals surface area contributed by atoms with Gasteiger partial charge in [-0.25, -0.2) is 9.79 Å². The zero-order valence-electron chi connectivity index (χ0n) is 20.2. The van der Waals surface area contributed by atoms with E-state index in [1.54, 1.807) is 0 Å². The largest absolute Gasteiger partial charge is 0.444 e. The zero-order valence-corrected chi connectivity index (χ0v) is 20.2. The SMILES string of the molecule is C=CCNC(=NCc1nnc(C)n1C)N1CCC(OCCCNC(=O)OC(C)(C)C)CC1. The molecule has 0 bridgehead atoms. The molecule has 1 amide bonds. The first-order valence-electron chi connectivity index (χ1n) is 11.3. The Bertz CT molecular complexity index is 762. The number of aromatic nitrogens is 3. The molecule has 2 heterocycles. The van der Waals surface area contributed by atoms with Gasteiger partial charge in [-0.1, -0.05) is 6.08 Å². The van der Waals surface area contributed by atoms with Gasteiger partial charge in [-0.15, -0.1) is 16.8 Å². The Labute approximate surface area is 191 Å². The van der Waals surface area contributed by atoms with E-state index in [1.165, 1.54) is 0 Å². The van der Waals surface area contributed by atoms with Crippen LogP contribution >= 0.6 is 0 Å². The van der Waals surface area contributed by atoms with Crippen LogP contribution in [0.5, 0.6) is 0 Å². The molecule has 32 heavy (non-hydrogen) atoms. The molecule has 0 aromatic carbocycles. The van der Waals surface area contributed by atoms with Crippen LogP contribution in [0.25, 0.3) is 0 Å². The minimum Gasteiger partial charge on any atom is -0.444 e. The molecule has 1 aromatic heterocycles. The van der Waals surface area contributed by atoms with Crippen LogP contribution in [-0.2, 0) is 23.1 Å². The summed E-state index contributed by atoms with van der Waals surface area (Å²) in [6, 6.07) is 0. The number of hydrogen-bond acceptors (Lipinski definition) is 6. The summed E-state index contributed by atoms with van der Waals surface area (Å²) in [5, 5.41) is 14.4. The molecule has 1 aliphatic heterocycles. The maximum atomic E-state index is 11.7. The lowest BCUT2D eigenvalue weighted by Crippen LogP contribution is -2.47. The van der Waals surface area contributed by atoms with Crippen molar-refractivity contribution < 1.29 is 14.3 Å². The van der Waals surface area contributed by atoms with Gasteiger partial charge < -0.3 is 29.6 Å². The maximum absolute atomic E-state index is 11.7. The summed E-state index contributed by atoms with van der Waals surface area (Å²) in [4.78, 5) is 18.6. The molecule has 180 valence electrons. The molecule has 0 saturated carbocycles. The van der Waals surface area contributed by atoms with E-state index in [-0.39, 0.29) is 12.2 Å². The number of alkyl carbamates (subject to hydrolysis) is 1. The van der Waals surface area contributed by atoms with E-state index in [4.69, 9.17) is 14.5 Å². The molecule has 2 N–H and O–H groups in total. The van der Waals surface area contributed by atoms with Gasteiger partial charge in [0.25, 0.3) is 0 Å². The van der Waals surface area contributed by atoms with Crippen molar-refractivity contribution in [3.8, 4) is 0 Å². The Kier molecular flexibility index (Phi) is 9.96. The van der Waals surface area contributed by atoms with Crippen LogP contribution in [0.15, 0.2) is 17.6 Å². The van der Waals surface area contributed by atoms with Gasteiger partial charge in [0.15, 0.2) is 11.8 Å². The predicted molar refractivity (Wildman–Crippen MR) is 124 cm³/mol. The molecule has 1 fully saturated rings. The fourth-order valence-electron chi connectivity index (χ4n) is 3.23. The van der Waals surface area contributed by atoms with E-state index in [0.29, 0.717) is 26.2 Å². The fourth-order valence-corrected chi connectivity index (χ4v) is 3.23. The summed E-state index contributed by atoms with van der Waals surface area (Å²) in [5.74, 6) is 2.55. The summed E-state index contributed by atoms with van der Waals surface area (Å²) in [7, 11) is 1.95. The van der Waals surface area contributed by atoms with Gasteiger partial charge in [0.1, 0.15) is 18.0 Å². The second kappa shape index (κ2) is 12.4. The van der Waals surface area contributed by atoms with E-state index in [2.05, 4.69) is 32.3 Å². The minimum atomic E-state index is -0.482. The van der Waals surface area contributed by atoms with Crippen molar-refractivity contribution in [2.75, 3.05) is 32.8 Å². The number of nitrogens with one attached hydrogen (secondary N) is 2. The van der Waals surface area contributed by atoms with Crippen LogP contribution in [-0.4, -0.2) is 76.2 Å². The van der Waals surface area contributed by atoms with Crippen molar-refractivity contribution in [2.45, 2.75) is 65.2 Å². The summed E-state index contributed by atoms with van der Waals surface area (Å²) in [6.07, 6.45) is 4.26. The number of aliphatic imine (C=N–C) groups is 1. The van der Waals surface area contributed by atoms with Crippen LogP contribution in [0.1, 0.15) is 51.7 Å². The lowest BCUT2D eigenvalue weighted by molar-refractivity contribution is 0.0170. The first kappa shape index (κ1) is 25.6. The summed E-state index contributed by atoms with van der Waals surface area (Å²) in [6.45, 7) is 15.3. The van der Waals surface area contributed by atoms with Gasteiger partial charge in [0.05, 0.1) is 6.10 Å². The predicted octanol–water partition coefficient (Wildman–Crippen LogP) is 2.15. The highest BCUT2D eigenvalue weighted by molar-refractivity contribution is 5.80. The topological polar surface area (TPSA) is 106 Å². The monoisotopic (exact) mass is 449 g/mol. The van der Waals surface area contributed by atoms with Crippen molar-refractivity contribution in [3.05, 3.63) is 24.3 Å².